The van der Waals surface area contributed by atoms with Gasteiger partial charge in [-0.05, 0) is 63.8 Å². The zero-order valence-electron chi connectivity index (χ0n) is 25.8. The monoisotopic (exact) mass is 591 g/mol. The Kier molecular flexibility index (Phi) is 12.7. The van der Waals surface area contributed by atoms with Crippen LogP contribution >= 0.6 is 11.8 Å². The Hall–Kier alpha value is -3.05. The molecule has 41 heavy (non-hydrogen) atoms. The van der Waals surface area contributed by atoms with Crippen LogP contribution in [0.2, 0.25) is 0 Å². The van der Waals surface area contributed by atoms with Crippen LogP contribution in [-0.2, 0) is 23.8 Å². The van der Waals surface area contributed by atoms with Gasteiger partial charge in [-0.3, -0.25) is 9.63 Å². The highest BCUT2D eigenvalue weighted by Gasteiger charge is 2.50. The first-order chi connectivity index (χ1) is 19.3. The molecule has 10 nitrogen and oxygen atoms in total. The van der Waals surface area contributed by atoms with Gasteiger partial charge in [-0.15, -0.1) is 0 Å². The Bertz CT molecular complexity index is 1150. The third-order valence-electron chi connectivity index (χ3n) is 7.06. The molecule has 2 amide bonds. The fourth-order valence-electron chi connectivity index (χ4n) is 4.64. The summed E-state index contributed by atoms with van der Waals surface area (Å²) in [5, 5.41) is 9.28. The van der Waals surface area contributed by atoms with Gasteiger partial charge in [0.2, 0.25) is 0 Å². The molecule has 0 radical (unpaired) electrons. The molecule has 1 saturated carbocycles. The highest BCUT2D eigenvalue weighted by Crippen LogP contribution is 2.44. The van der Waals surface area contributed by atoms with Crippen molar-refractivity contribution in [3.8, 4) is 0 Å². The standard InChI is InChI=1S/C21H27NO5.C9H18N2O2S/c1-5-26-20(24)27-18-17(16-12-13(2)6-7-14(16)3)19(23)22-21(18)10-8-15(25-4)9-11-21;1-9(2,3)7(6-14-5)11-13-8(12)10-4/h6-7,12,15H,5,8-11H2,1-4H3,(H,22,23);6H2,1-5H3,(H,10,12)/t15-,21+;. The zero-order chi connectivity index (χ0) is 30.8. The second kappa shape index (κ2) is 15.3. The first-order valence-electron chi connectivity index (χ1n) is 13.8. The normalized spacial score (nSPS) is 20.7. The van der Waals surface area contributed by atoms with Crippen LogP contribution in [0.3, 0.4) is 0 Å². The van der Waals surface area contributed by atoms with Gasteiger partial charge in [0.25, 0.3) is 5.91 Å². The number of amides is 2. The van der Waals surface area contributed by atoms with Crippen molar-refractivity contribution in [1.82, 2.24) is 10.6 Å². The van der Waals surface area contributed by atoms with Crippen LogP contribution in [0.15, 0.2) is 29.1 Å². The third-order valence-corrected chi connectivity index (χ3v) is 7.62. The summed E-state index contributed by atoms with van der Waals surface area (Å²) in [5.74, 6) is 0.939. The van der Waals surface area contributed by atoms with E-state index in [1.165, 1.54) is 7.05 Å². The highest BCUT2D eigenvalue weighted by molar-refractivity contribution is 7.99. The lowest BCUT2D eigenvalue weighted by atomic mass is 9.79. The molecule has 1 aromatic rings. The minimum absolute atomic E-state index is 0.0724. The molecule has 2 aliphatic rings. The number of nitrogens with one attached hydrogen (secondary N) is 2. The number of benzene rings is 1. The van der Waals surface area contributed by atoms with Crippen LogP contribution in [0.25, 0.3) is 5.57 Å². The van der Waals surface area contributed by atoms with Gasteiger partial charge in [-0.25, -0.2) is 9.59 Å². The largest absolute Gasteiger partial charge is 0.513 e. The van der Waals surface area contributed by atoms with E-state index in [0.717, 1.165) is 41.0 Å². The summed E-state index contributed by atoms with van der Waals surface area (Å²) >= 11 is 1.65. The smallest absolute Gasteiger partial charge is 0.434 e. The Balaban J connectivity index is 0.000000357. The molecule has 2 N–H and O–H groups in total. The molecule has 1 fully saturated rings. The van der Waals surface area contributed by atoms with E-state index >= 15 is 0 Å². The summed E-state index contributed by atoms with van der Waals surface area (Å²) < 4.78 is 16.1. The van der Waals surface area contributed by atoms with E-state index in [-0.39, 0.29) is 24.0 Å². The van der Waals surface area contributed by atoms with Gasteiger partial charge in [0.15, 0.2) is 0 Å². The molecular formula is C30H45N3O7S. The van der Waals surface area contributed by atoms with Crippen molar-refractivity contribution in [2.24, 2.45) is 10.6 Å². The van der Waals surface area contributed by atoms with Crippen molar-refractivity contribution in [2.45, 2.75) is 78.9 Å². The first kappa shape index (κ1) is 34.2. The van der Waals surface area contributed by atoms with E-state index in [0.29, 0.717) is 24.2 Å². The lowest BCUT2D eigenvalue weighted by molar-refractivity contribution is -0.116. The maximum atomic E-state index is 13.0. The van der Waals surface area contributed by atoms with E-state index in [9.17, 15) is 14.4 Å². The van der Waals surface area contributed by atoms with E-state index in [1.54, 1.807) is 25.8 Å². The van der Waals surface area contributed by atoms with Gasteiger partial charge in [0, 0.05) is 25.3 Å². The summed E-state index contributed by atoms with van der Waals surface area (Å²) in [6.45, 7) is 12.0. The molecule has 3 rings (SSSR count). The van der Waals surface area contributed by atoms with Crippen molar-refractivity contribution in [3.05, 3.63) is 40.6 Å². The lowest BCUT2D eigenvalue weighted by Gasteiger charge is -2.37. The first-order valence-corrected chi connectivity index (χ1v) is 15.2. The Morgan fingerprint density at radius 2 is 1.85 bits per heavy atom. The van der Waals surface area contributed by atoms with Crippen LogP contribution in [0, 0.1) is 19.3 Å². The summed E-state index contributed by atoms with van der Waals surface area (Å²) in [7, 11) is 3.20. The van der Waals surface area contributed by atoms with E-state index in [2.05, 4.69) is 20.6 Å². The molecule has 1 aliphatic carbocycles. The third kappa shape index (κ3) is 9.22. The minimum atomic E-state index is -0.778. The molecule has 0 bridgehead atoms. The van der Waals surface area contributed by atoms with E-state index in [1.807, 2.05) is 59.1 Å². The number of aryl methyl sites for hydroxylation is 2. The van der Waals surface area contributed by atoms with Crippen LogP contribution in [0.5, 0.6) is 0 Å². The number of methoxy groups -OCH3 is 1. The Labute approximate surface area is 248 Å². The molecule has 0 unspecified atom stereocenters. The van der Waals surface area contributed by atoms with Gasteiger partial charge in [0.1, 0.15) is 5.76 Å². The predicted octanol–water partition coefficient (Wildman–Crippen LogP) is 5.75. The minimum Gasteiger partial charge on any atom is -0.434 e. The molecule has 1 spiro atoms. The molecule has 0 aromatic heterocycles. The summed E-state index contributed by atoms with van der Waals surface area (Å²) in [6.07, 6.45) is 3.70. The molecule has 1 heterocycles. The maximum Gasteiger partial charge on any atom is 0.513 e. The molecular weight excluding hydrogens is 546 g/mol. The van der Waals surface area contributed by atoms with E-state index < -0.39 is 17.8 Å². The van der Waals surface area contributed by atoms with Crippen LogP contribution in [-0.4, -0.2) is 68.3 Å². The van der Waals surface area contributed by atoms with Crippen molar-refractivity contribution in [2.75, 3.05) is 32.8 Å². The summed E-state index contributed by atoms with van der Waals surface area (Å²) in [6, 6.07) is 5.93. The molecule has 11 heteroatoms. The zero-order valence-corrected chi connectivity index (χ0v) is 26.6. The lowest BCUT2D eigenvalue weighted by Crippen LogP contribution is -2.49. The average Bonchev–Trinajstić information content (AvgIpc) is 3.17. The van der Waals surface area contributed by atoms with Crippen LogP contribution in [0.4, 0.5) is 9.59 Å². The van der Waals surface area contributed by atoms with Crippen LogP contribution in [0.1, 0.15) is 70.1 Å². The van der Waals surface area contributed by atoms with Crippen LogP contribution < -0.4 is 10.6 Å². The van der Waals surface area contributed by atoms with Gasteiger partial charge >= 0.3 is 12.2 Å². The Morgan fingerprint density at radius 1 is 1.20 bits per heavy atom. The number of hydrogen-bond acceptors (Lipinski definition) is 9. The molecule has 228 valence electrons. The quantitative estimate of drug-likeness (QED) is 0.178. The summed E-state index contributed by atoms with van der Waals surface area (Å²) in [5.41, 5.74) is 3.32. The second-order valence-corrected chi connectivity index (χ2v) is 12.0. The second-order valence-electron chi connectivity index (χ2n) is 11.1. The topological polar surface area (TPSA) is 125 Å². The number of oxime groups is 1. The number of ether oxygens (including phenoxy) is 3. The number of rotatable bonds is 7. The SMILES string of the molecule is CCOC(=O)OC1=C(c2cc(C)ccc2C)C(=O)N[C@]12CC[C@@H](OC)CC2.CNC(=O)ON=C(CSC)C(C)(C)C. The number of carbonyl (C=O) groups excluding carboxylic acids is 3. The van der Waals surface area contributed by atoms with Crippen molar-refractivity contribution >= 4 is 41.2 Å². The Morgan fingerprint density at radius 3 is 2.39 bits per heavy atom. The fourth-order valence-corrected chi connectivity index (χ4v) is 5.40. The molecule has 0 atom stereocenters. The highest BCUT2D eigenvalue weighted by atomic mass is 32.2. The van der Waals surface area contributed by atoms with Gasteiger partial charge in [-0.1, -0.05) is 49.7 Å². The van der Waals surface area contributed by atoms with Gasteiger partial charge in [-0.2, -0.15) is 11.8 Å². The van der Waals surface area contributed by atoms with Gasteiger partial charge < -0.3 is 24.8 Å². The average molecular weight is 592 g/mol. The number of nitrogens with zero attached hydrogens (tertiary/aromatic N) is 1. The van der Waals surface area contributed by atoms with Crippen molar-refractivity contribution in [1.29, 1.82) is 0 Å². The summed E-state index contributed by atoms with van der Waals surface area (Å²) in [4.78, 5) is 40.6. The molecule has 0 saturated heterocycles. The predicted molar refractivity (Wildman–Crippen MR) is 162 cm³/mol. The molecule has 1 aromatic carbocycles. The van der Waals surface area contributed by atoms with Crippen molar-refractivity contribution < 1.29 is 33.4 Å². The fraction of sp³-hybridized carbons (Fsp3) is 0.600. The number of carbonyl (C=O) groups is 3. The number of thioether (sulfide) groups is 1. The van der Waals surface area contributed by atoms with Gasteiger partial charge in [0.05, 0.1) is 29.5 Å². The van der Waals surface area contributed by atoms with Crippen molar-refractivity contribution in [3.63, 3.8) is 0 Å². The molecule has 1 aliphatic heterocycles. The number of hydrogen-bond donors (Lipinski definition) is 2. The van der Waals surface area contributed by atoms with E-state index in [4.69, 9.17) is 14.2 Å². The maximum absolute atomic E-state index is 13.0.